The third-order valence-corrected chi connectivity index (χ3v) is 3.42. The van der Waals surface area contributed by atoms with Crippen molar-refractivity contribution >= 4 is 17.5 Å². The van der Waals surface area contributed by atoms with Gasteiger partial charge in [0.15, 0.2) is 17.3 Å². The van der Waals surface area contributed by atoms with E-state index in [9.17, 15) is 9.90 Å². The molecule has 0 saturated carbocycles. The third-order valence-electron chi connectivity index (χ3n) is 3.42. The van der Waals surface area contributed by atoms with Crippen molar-refractivity contribution in [3.05, 3.63) is 47.5 Å². The molecule has 0 heterocycles. The second-order valence-corrected chi connectivity index (χ2v) is 4.93. The van der Waals surface area contributed by atoms with Crippen molar-refractivity contribution in [2.45, 2.75) is 0 Å². The van der Waals surface area contributed by atoms with Crippen LogP contribution in [0, 0.1) is 0 Å². The number of ether oxygens (including phenoxy) is 3. The predicted molar refractivity (Wildman–Crippen MR) is 92.0 cm³/mol. The standard InChI is InChI=1S/C18H19NO5/c1-22-16-9-12(10-17(23-2)18(16)24-3)15(21)6-4-11-8-13(19)5-7-14(11)20/h4-10,20H,19H2,1-3H3/b6-4+. The maximum Gasteiger partial charge on any atom is 0.203 e. The normalized spacial score (nSPS) is 10.6. The molecule has 3 N–H and O–H groups in total. The van der Waals surface area contributed by atoms with Gasteiger partial charge in [0.1, 0.15) is 5.75 Å². The summed E-state index contributed by atoms with van der Waals surface area (Å²) in [5.74, 6) is 0.948. The van der Waals surface area contributed by atoms with Gasteiger partial charge in [0.2, 0.25) is 5.75 Å². The molecule has 2 rings (SSSR count). The van der Waals surface area contributed by atoms with E-state index in [-0.39, 0.29) is 11.5 Å². The van der Waals surface area contributed by atoms with Crippen LogP contribution in [0.15, 0.2) is 36.4 Å². The van der Waals surface area contributed by atoms with Gasteiger partial charge >= 0.3 is 0 Å². The molecular formula is C18H19NO5. The first-order valence-electron chi connectivity index (χ1n) is 7.11. The van der Waals surface area contributed by atoms with Gasteiger partial charge in [0.25, 0.3) is 0 Å². The molecule has 0 amide bonds. The number of hydrogen-bond donors (Lipinski definition) is 2. The second-order valence-electron chi connectivity index (χ2n) is 4.93. The van der Waals surface area contributed by atoms with Gasteiger partial charge in [0, 0.05) is 16.8 Å². The molecule has 2 aromatic rings. The van der Waals surface area contributed by atoms with Crippen molar-refractivity contribution in [1.29, 1.82) is 0 Å². The van der Waals surface area contributed by atoms with Crippen molar-refractivity contribution < 1.29 is 24.1 Å². The molecule has 0 radical (unpaired) electrons. The van der Waals surface area contributed by atoms with E-state index in [1.54, 1.807) is 24.3 Å². The van der Waals surface area contributed by atoms with Crippen LogP contribution in [0.4, 0.5) is 5.69 Å². The van der Waals surface area contributed by atoms with Gasteiger partial charge in [-0.3, -0.25) is 4.79 Å². The Kier molecular flexibility index (Phi) is 5.31. The van der Waals surface area contributed by atoms with E-state index in [4.69, 9.17) is 19.9 Å². The van der Waals surface area contributed by atoms with Crippen LogP contribution in [0.1, 0.15) is 15.9 Å². The van der Waals surface area contributed by atoms with Crippen LogP contribution in [-0.4, -0.2) is 32.2 Å². The Bertz CT molecular complexity index is 758. The lowest BCUT2D eigenvalue weighted by molar-refractivity contribution is 0.104. The summed E-state index contributed by atoms with van der Waals surface area (Å²) in [4.78, 5) is 12.4. The van der Waals surface area contributed by atoms with Crippen molar-refractivity contribution in [2.24, 2.45) is 0 Å². The Balaban J connectivity index is 2.36. The molecule has 0 saturated heterocycles. The summed E-state index contributed by atoms with van der Waals surface area (Å²) in [5.41, 5.74) is 6.99. The summed E-state index contributed by atoms with van der Waals surface area (Å²) in [7, 11) is 4.45. The lowest BCUT2D eigenvalue weighted by Crippen LogP contribution is -2.00. The fraction of sp³-hybridized carbons (Fsp3) is 0.167. The van der Waals surface area contributed by atoms with Crippen LogP contribution < -0.4 is 19.9 Å². The molecule has 0 fully saturated rings. The van der Waals surface area contributed by atoms with Crippen LogP contribution in [0.2, 0.25) is 0 Å². The molecule has 2 aromatic carbocycles. The minimum absolute atomic E-state index is 0.0399. The number of carbonyl (C=O) groups excluding carboxylic acids is 1. The van der Waals surface area contributed by atoms with Gasteiger partial charge in [-0.15, -0.1) is 0 Å². The Morgan fingerprint density at radius 2 is 1.67 bits per heavy atom. The van der Waals surface area contributed by atoms with E-state index in [0.29, 0.717) is 34.1 Å². The van der Waals surface area contributed by atoms with E-state index in [2.05, 4.69) is 0 Å². The largest absolute Gasteiger partial charge is 0.507 e. The maximum atomic E-state index is 12.4. The number of methoxy groups -OCH3 is 3. The van der Waals surface area contributed by atoms with Crippen LogP contribution >= 0.6 is 0 Å². The number of nitrogen functional groups attached to an aromatic ring is 1. The average Bonchev–Trinajstić information content (AvgIpc) is 2.60. The topological polar surface area (TPSA) is 91.0 Å². The molecule has 0 atom stereocenters. The first-order chi connectivity index (χ1) is 11.5. The fourth-order valence-electron chi connectivity index (χ4n) is 2.19. The van der Waals surface area contributed by atoms with Crippen LogP contribution in [0.25, 0.3) is 6.08 Å². The first-order valence-corrected chi connectivity index (χ1v) is 7.11. The number of phenolic OH excluding ortho intramolecular Hbond substituents is 1. The zero-order valence-corrected chi connectivity index (χ0v) is 13.7. The van der Waals surface area contributed by atoms with Gasteiger partial charge in [0.05, 0.1) is 21.3 Å². The van der Waals surface area contributed by atoms with Crippen LogP contribution in [0.3, 0.4) is 0 Å². The zero-order chi connectivity index (χ0) is 17.7. The third kappa shape index (κ3) is 3.60. The summed E-state index contributed by atoms with van der Waals surface area (Å²) in [6.45, 7) is 0. The number of hydrogen-bond acceptors (Lipinski definition) is 6. The zero-order valence-electron chi connectivity index (χ0n) is 13.7. The molecule has 0 aromatic heterocycles. The SMILES string of the molecule is COc1cc(C(=O)/C=C/c2cc(N)ccc2O)cc(OC)c1OC. The molecule has 24 heavy (non-hydrogen) atoms. The van der Waals surface area contributed by atoms with Gasteiger partial charge < -0.3 is 25.1 Å². The minimum Gasteiger partial charge on any atom is -0.507 e. The number of anilines is 1. The molecule has 0 bridgehead atoms. The number of phenols is 1. The summed E-state index contributed by atoms with van der Waals surface area (Å²) in [5, 5.41) is 9.78. The maximum absolute atomic E-state index is 12.4. The van der Waals surface area contributed by atoms with Crippen molar-refractivity contribution in [2.75, 3.05) is 27.1 Å². The Labute approximate surface area is 140 Å². The quantitative estimate of drug-likeness (QED) is 0.366. The van der Waals surface area contributed by atoms with E-state index in [1.807, 2.05) is 0 Å². The highest BCUT2D eigenvalue weighted by molar-refractivity contribution is 6.07. The number of nitrogens with two attached hydrogens (primary N) is 1. The van der Waals surface area contributed by atoms with Gasteiger partial charge in [-0.1, -0.05) is 0 Å². The number of aromatic hydroxyl groups is 1. The highest BCUT2D eigenvalue weighted by Crippen LogP contribution is 2.38. The average molecular weight is 329 g/mol. The predicted octanol–water partition coefficient (Wildman–Crippen LogP) is 2.90. The van der Waals surface area contributed by atoms with Gasteiger partial charge in [-0.2, -0.15) is 0 Å². The van der Waals surface area contributed by atoms with Crippen LogP contribution in [-0.2, 0) is 0 Å². The lowest BCUT2D eigenvalue weighted by Gasteiger charge is -2.13. The van der Waals surface area contributed by atoms with E-state index >= 15 is 0 Å². The fourth-order valence-corrected chi connectivity index (χ4v) is 2.19. The molecule has 0 aliphatic rings. The van der Waals surface area contributed by atoms with Crippen molar-refractivity contribution in [3.63, 3.8) is 0 Å². The monoisotopic (exact) mass is 329 g/mol. The summed E-state index contributed by atoms with van der Waals surface area (Å²) in [6.07, 6.45) is 2.84. The molecule has 126 valence electrons. The van der Waals surface area contributed by atoms with Crippen molar-refractivity contribution in [3.8, 4) is 23.0 Å². The summed E-state index contributed by atoms with van der Waals surface area (Å²) >= 11 is 0. The second kappa shape index (κ2) is 7.41. The van der Waals surface area contributed by atoms with Gasteiger partial charge in [-0.25, -0.2) is 0 Å². The highest BCUT2D eigenvalue weighted by Gasteiger charge is 2.15. The van der Waals surface area contributed by atoms with E-state index in [1.165, 1.54) is 39.5 Å². The molecule has 0 spiro atoms. The number of allylic oxidation sites excluding steroid dienone is 1. The molecule has 0 aliphatic carbocycles. The Hall–Kier alpha value is -3.15. The lowest BCUT2D eigenvalue weighted by atomic mass is 10.1. The first kappa shape index (κ1) is 17.2. The molecule has 0 aliphatic heterocycles. The Morgan fingerprint density at radius 1 is 1.04 bits per heavy atom. The van der Waals surface area contributed by atoms with Gasteiger partial charge in [-0.05, 0) is 42.5 Å². The summed E-state index contributed by atoms with van der Waals surface area (Å²) < 4.78 is 15.7. The van der Waals surface area contributed by atoms with Crippen molar-refractivity contribution in [1.82, 2.24) is 0 Å². The molecule has 6 nitrogen and oxygen atoms in total. The number of benzene rings is 2. The summed E-state index contributed by atoms with van der Waals surface area (Å²) in [6, 6.07) is 7.75. The molecule has 6 heteroatoms. The highest BCUT2D eigenvalue weighted by atomic mass is 16.5. The number of carbonyl (C=O) groups is 1. The number of ketones is 1. The van der Waals surface area contributed by atoms with E-state index < -0.39 is 0 Å². The minimum atomic E-state index is -0.281. The molecule has 0 unspecified atom stereocenters. The Morgan fingerprint density at radius 3 is 2.21 bits per heavy atom. The van der Waals surface area contributed by atoms with E-state index in [0.717, 1.165) is 0 Å². The molecular weight excluding hydrogens is 310 g/mol. The van der Waals surface area contributed by atoms with Crippen LogP contribution in [0.5, 0.6) is 23.0 Å². The number of rotatable bonds is 6. The smallest absolute Gasteiger partial charge is 0.203 e.